The highest BCUT2D eigenvalue weighted by Crippen LogP contribution is 2.20. The fourth-order valence-electron chi connectivity index (χ4n) is 1.20. The maximum Gasteiger partial charge on any atom is 0.149 e. The topological polar surface area (TPSA) is 68.0 Å². The molecule has 0 bridgehead atoms. The van der Waals surface area contributed by atoms with Gasteiger partial charge in [0, 0.05) is 39.5 Å². The fraction of sp³-hybridized carbons (Fsp3) is 0.444. The molecule has 15 heavy (non-hydrogen) atoms. The first kappa shape index (κ1) is 12.4. The van der Waals surface area contributed by atoms with E-state index in [1.165, 1.54) is 0 Å². The highest BCUT2D eigenvalue weighted by atomic mass is 79.9. The minimum absolute atomic E-state index is 0.0896. The van der Waals surface area contributed by atoms with Gasteiger partial charge in [-0.05, 0) is 28.9 Å². The van der Waals surface area contributed by atoms with Crippen molar-refractivity contribution in [3.8, 4) is 0 Å². The number of nitrogens with zero attached hydrogens (tertiary/aromatic N) is 1. The SMILES string of the molecule is CC(CS(C)=O)Nc1ncc(Br)cc1N. The van der Waals surface area contributed by atoms with Crippen molar-refractivity contribution in [3.05, 3.63) is 16.7 Å². The Morgan fingerprint density at radius 3 is 2.93 bits per heavy atom. The van der Waals surface area contributed by atoms with Gasteiger partial charge in [-0.1, -0.05) is 0 Å². The lowest BCUT2D eigenvalue weighted by atomic mass is 10.3. The number of hydrogen-bond acceptors (Lipinski definition) is 4. The molecule has 0 saturated heterocycles. The summed E-state index contributed by atoms with van der Waals surface area (Å²) in [5.41, 5.74) is 6.35. The molecule has 3 N–H and O–H groups in total. The van der Waals surface area contributed by atoms with E-state index in [0.717, 1.165) is 4.47 Å². The van der Waals surface area contributed by atoms with Gasteiger partial charge in [-0.3, -0.25) is 4.21 Å². The monoisotopic (exact) mass is 291 g/mol. The molecule has 0 amide bonds. The van der Waals surface area contributed by atoms with Crippen LogP contribution in [0.2, 0.25) is 0 Å². The van der Waals surface area contributed by atoms with E-state index in [4.69, 9.17) is 5.73 Å². The molecule has 1 aromatic heterocycles. The van der Waals surface area contributed by atoms with Crippen LogP contribution in [0.25, 0.3) is 0 Å². The molecule has 0 aliphatic heterocycles. The zero-order valence-electron chi connectivity index (χ0n) is 8.66. The average molecular weight is 292 g/mol. The minimum atomic E-state index is -0.821. The summed E-state index contributed by atoms with van der Waals surface area (Å²) < 4.78 is 11.8. The predicted molar refractivity (Wildman–Crippen MR) is 68.4 cm³/mol. The van der Waals surface area contributed by atoms with Crippen LogP contribution in [0, 0.1) is 0 Å². The van der Waals surface area contributed by atoms with Crippen LogP contribution in [0.5, 0.6) is 0 Å². The number of aromatic nitrogens is 1. The Labute approximate surface area is 100 Å². The standard InChI is InChI=1S/C9H14BrN3OS/c1-6(5-15(2)14)13-9-8(11)3-7(10)4-12-9/h3-4,6H,5,11H2,1-2H3,(H,12,13). The first-order valence-corrected chi connectivity index (χ1v) is 6.98. The Kier molecular flexibility index (Phi) is 4.53. The Hall–Kier alpha value is -0.620. The normalized spacial score (nSPS) is 14.6. The number of pyridine rings is 1. The maximum absolute atomic E-state index is 11.0. The first-order valence-electron chi connectivity index (χ1n) is 4.46. The lowest BCUT2D eigenvalue weighted by molar-refractivity contribution is 0.683. The Balaban J connectivity index is 2.68. The molecule has 2 atom stereocenters. The lowest BCUT2D eigenvalue weighted by Crippen LogP contribution is -2.23. The zero-order chi connectivity index (χ0) is 11.4. The molecule has 0 fully saturated rings. The zero-order valence-corrected chi connectivity index (χ0v) is 11.1. The van der Waals surface area contributed by atoms with E-state index in [2.05, 4.69) is 26.2 Å². The molecule has 1 rings (SSSR count). The summed E-state index contributed by atoms with van der Waals surface area (Å²) in [5.74, 6) is 1.22. The van der Waals surface area contributed by atoms with Crippen LogP contribution in [0.3, 0.4) is 0 Å². The van der Waals surface area contributed by atoms with Crippen LogP contribution in [-0.4, -0.2) is 27.2 Å². The van der Waals surface area contributed by atoms with Crippen molar-refractivity contribution in [3.63, 3.8) is 0 Å². The molecular formula is C9H14BrN3OS. The van der Waals surface area contributed by atoms with Crippen LogP contribution >= 0.6 is 15.9 Å². The molecule has 84 valence electrons. The third-order valence-electron chi connectivity index (χ3n) is 1.75. The molecule has 0 radical (unpaired) electrons. The largest absolute Gasteiger partial charge is 0.396 e. The summed E-state index contributed by atoms with van der Waals surface area (Å²) in [6, 6.07) is 1.87. The van der Waals surface area contributed by atoms with Gasteiger partial charge in [0.1, 0.15) is 5.82 Å². The van der Waals surface area contributed by atoms with E-state index in [9.17, 15) is 4.21 Å². The number of nitrogens with one attached hydrogen (secondary N) is 1. The maximum atomic E-state index is 11.0. The van der Waals surface area contributed by atoms with E-state index in [-0.39, 0.29) is 6.04 Å². The van der Waals surface area contributed by atoms with Gasteiger partial charge in [-0.15, -0.1) is 0 Å². The van der Waals surface area contributed by atoms with Crippen LogP contribution in [0.1, 0.15) is 6.92 Å². The van der Waals surface area contributed by atoms with Crippen LogP contribution < -0.4 is 11.1 Å². The third-order valence-corrected chi connectivity index (χ3v) is 3.15. The van der Waals surface area contributed by atoms with E-state index >= 15 is 0 Å². The molecule has 1 aromatic rings. The first-order chi connectivity index (χ1) is 6.99. The number of hydrogen-bond donors (Lipinski definition) is 2. The second-order valence-corrected chi connectivity index (χ2v) is 5.77. The number of nitrogens with two attached hydrogens (primary N) is 1. The van der Waals surface area contributed by atoms with Crippen molar-refractivity contribution in [1.82, 2.24) is 4.98 Å². The Morgan fingerprint density at radius 1 is 1.73 bits per heavy atom. The minimum Gasteiger partial charge on any atom is -0.396 e. The van der Waals surface area contributed by atoms with E-state index in [1.807, 2.05) is 6.92 Å². The highest BCUT2D eigenvalue weighted by Gasteiger charge is 2.07. The second kappa shape index (κ2) is 5.46. The molecule has 1 heterocycles. The molecule has 4 nitrogen and oxygen atoms in total. The molecule has 0 aliphatic carbocycles. The molecule has 6 heteroatoms. The number of anilines is 2. The molecule has 2 unspecified atom stereocenters. The fourth-order valence-corrected chi connectivity index (χ4v) is 2.34. The molecular weight excluding hydrogens is 278 g/mol. The second-order valence-electron chi connectivity index (χ2n) is 3.38. The van der Waals surface area contributed by atoms with Gasteiger partial charge in [-0.25, -0.2) is 4.98 Å². The van der Waals surface area contributed by atoms with Crippen molar-refractivity contribution in [2.75, 3.05) is 23.1 Å². The number of rotatable bonds is 4. The smallest absolute Gasteiger partial charge is 0.149 e. The van der Waals surface area contributed by atoms with Gasteiger partial charge < -0.3 is 11.1 Å². The van der Waals surface area contributed by atoms with Gasteiger partial charge in [0.15, 0.2) is 0 Å². The summed E-state index contributed by atoms with van der Waals surface area (Å²) in [4.78, 5) is 4.14. The Bertz CT molecular complexity index is 372. The van der Waals surface area contributed by atoms with Gasteiger partial charge in [0.05, 0.1) is 5.69 Å². The summed E-state index contributed by atoms with van der Waals surface area (Å²) in [6.07, 6.45) is 3.35. The summed E-state index contributed by atoms with van der Waals surface area (Å²) in [6.45, 7) is 1.95. The van der Waals surface area contributed by atoms with Crippen molar-refractivity contribution >= 4 is 38.2 Å². The third kappa shape index (κ3) is 4.17. The number of halogens is 1. The molecule has 0 spiro atoms. The van der Waals surface area contributed by atoms with E-state index in [1.54, 1.807) is 18.5 Å². The molecule has 0 aromatic carbocycles. The Morgan fingerprint density at radius 2 is 2.40 bits per heavy atom. The van der Waals surface area contributed by atoms with Crippen molar-refractivity contribution < 1.29 is 4.21 Å². The number of nitrogen functional groups attached to an aromatic ring is 1. The van der Waals surface area contributed by atoms with Crippen LogP contribution in [-0.2, 0) is 10.8 Å². The summed E-state index contributed by atoms with van der Waals surface area (Å²) in [7, 11) is -0.821. The predicted octanol–water partition coefficient (Wildman–Crippen LogP) is 1.61. The average Bonchev–Trinajstić information content (AvgIpc) is 2.08. The van der Waals surface area contributed by atoms with E-state index < -0.39 is 10.8 Å². The van der Waals surface area contributed by atoms with Crippen LogP contribution in [0.15, 0.2) is 16.7 Å². The van der Waals surface area contributed by atoms with Gasteiger partial charge in [0.2, 0.25) is 0 Å². The molecule has 0 aliphatic rings. The van der Waals surface area contributed by atoms with Crippen LogP contribution in [0.4, 0.5) is 11.5 Å². The van der Waals surface area contributed by atoms with Gasteiger partial charge in [0.25, 0.3) is 0 Å². The summed E-state index contributed by atoms with van der Waals surface area (Å²) >= 11 is 3.28. The highest BCUT2D eigenvalue weighted by molar-refractivity contribution is 9.10. The van der Waals surface area contributed by atoms with Crippen molar-refractivity contribution in [1.29, 1.82) is 0 Å². The summed E-state index contributed by atoms with van der Waals surface area (Å²) in [5, 5.41) is 3.12. The lowest BCUT2D eigenvalue weighted by Gasteiger charge is -2.14. The quantitative estimate of drug-likeness (QED) is 0.884. The van der Waals surface area contributed by atoms with Gasteiger partial charge in [-0.2, -0.15) is 0 Å². The van der Waals surface area contributed by atoms with Crippen molar-refractivity contribution in [2.24, 2.45) is 0 Å². The van der Waals surface area contributed by atoms with E-state index in [0.29, 0.717) is 17.3 Å². The van der Waals surface area contributed by atoms with Crippen molar-refractivity contribution in [2.45, 2.75) is 13.0 Å². The molecule has 0 saturated carbocycles. The van der Waals surface area contributed by atoms with Gasteiger partial charge >= 0.3 is 0 Å².